The fraction of sp³-hybridized carbons (Fsp3) is 0.765. The van der Waals surface area contributed by atoms with Gasteiger partial charge in [0.2, 0.25) is 5.91 Å². The highest BCUT2D eigenvalue weighted by Crippen LogP contribution is 2.73. The van der Waals surface area contributed by atoms with Crippen molar-refractivity contribution in [3.63, 3.8) is 0 Å². The van der Waals surface area contributed by atoms with Crippen LogP contribution in [0.2, 0.25) is 0 Å². The van der Waals surface area contributed by atoms with E-state index in [1.807, 2.05) is 19.1 Å². The normalized spacial score (nSPS) is 44.5. The first-order valence-corrected chi connectivity index (χ1v) is 15.4. The van der Waals surface area contributed by atoms with Crippen LogP contribution >= 0.6 is 0 Å². The molecule has 0 aliphatic heterocycles. The summed E-state index contributed by atoms with van der Waals surface area (Å²) in [7, 11) is 0. The number of nitriles is 1. The van der Waals surface area contributed by atoms with Gasteiger partial charge in [-0.25, -0.2) is 0 Å². The summed E-state index contributed by atoms with van der Waals surface area (Å²) < 4.78 is 0. The smallest absolute Gasteiger partial charge is 0.226 e. The van der Waals surface area contributed by atoms with Crippen molar-refractivity contribution in [1.29, 1.82) is 5.26 Å². The summed E-state index contributed by atoms with van der Waals surface area (Å²) in [5.41, 5.74) is -0.0321. The number of rotatable bonds is 4. The highest BCUT2D eigenvalue weighted by Gasteiger charge is 2.70. The van der Waals surface area contributed by atoms with Gasteiger partial charge in [-0.1, -0.05) is 66.5 Å². The number of nitrogens with one attached hydrogen (secondary N) is 1. The Morgan fingerprint density at radius 1 is 1.05 bits per heavy atom. The number of hydrogen-bond acceptors (Lipinski definition) is 4. The number of hydrogen-bond donors (Lipinski definition) is 1. The van der Waals surface area contributed by atoms with E-state index in [0.29, 0.717) is 6.54 Å². The quantitative estimate of drug-likeness (QED) is 0.407. The van der Waals surface area contributed by atoms with E-state index in [-0.39, 0.29) is 63.0 Å². The molecule has 3 unspecified atom stereocenters. The maximum absolute atomic E-state index is 14.5. The zero-order valence-corrected chi connectivity index (χ0v) is 25.2. The maximum atomic E-state index is 14.5. The Labute approximate surface area is 235 Å². The number of ketones is 2. The fourth-order valence-corrected chi connectivity index (χ4v) is 10.2. The van der Waals surface area contributed by atoms with E-state index in [1.165, 1.54) is 0 Å². The number of amides is 1. The topological polar surface area (TPSA) is 87.0 Å². The molecule has 0 bridgehead atoms. The zero-order chi connectivity index (χ0) is 28.6. The van der Waals surface area contributed by atoms with Gasteiger partial charge in [0.1, 0.15) is 6.07 Å². The number of nitrogens with zero attached hydrogens (tertiary/aromatic N) is 1. The predicted molar refractivity (Wildman–Crippen MR) is 152 cm³/mol. The standard InChI is InChI=1S/C34H48N2O3/c1-8-9-16-36-29(39)34-14-12-30(3,4)19-24(34)27-25(37)17-26-31(5)18-22(20-35)28(38)21(2)23(31)10-11-32(26,6)33(27,7)13-15-34/h17-18,21,23-24,27H,8-16,19H2,1-7H3,(H,36,39)/t21-,23?,24?,27?,31-,32+,33+,34-/m0/s1. The van der Waals surface area contributed by atoms with Crippen LogP contribution in [0.3, 0.4) is 0 Å². The molecule has 0 aromatic heterocycles. The molecule has 0 radical (unpaired) electrons. The van der Waals surface area contributed by atoms with Crippen LogP contribution in [0.25, 0.3) is 0 Å². The number of unbranched alkanes of at least 4 members (excludes halogenated alkanes) is 1. The summed E-state index contributed by atoms with van der Waals surface area (Å²) in [5.74, 6) is -0.0401. The third kappa shape index (κ3) is 3.79. The lowest BCUT2D eigenvalue weighted by molar-refractivity contribution is -0.177. The van der Waals surface area contributed by atoms with Crippen LogP contribution in [0.1, 0.15) is 106 Å². The average Bonchev–Trinajstić information content (AvgIpc) is 2.87. The van der Waals surface area contributed by atoms with Crippen molar-refractivity contribution in [2.24, 2.45) is 50.7 Å². The molecule has 1 amide bonds. The van der Waals surface area contributed by atoms with Gasteiger partial charge in [0, 0.05) is 23.8 Å². The zero-order valence-electron chi connectivity index (χ0n) is 25.2. The molecule has 5 aliphatic rings. The Morgan fingerprint density at radius 2 is 1.74 bits per heavy atom. The van der Waals surface area contributed by atoms with Crippen molar-refractivity contribution >= 4 is 17.5 Å². The van der Waals surface area contributed by atoms with Crippen molar-refractivity contribution in [2.45, 2.75) is 106 Å². The minimum atomic E-state index is -0.493. The Bertz CT molecular complexity index is 1210. The van der Waals surface area contributed by atoms with Crippen LogP contribution in [-0.2, 0) is 14.4 Å². The van der Waals surface area contributed by atoms with E-state index in [9.17, 15) is 19.6 Å². The van der Waals surface area contributed by atoms with E-state index >= 15 is 0 Å². The summed E-state index contributed by atoms with van der Waals surface area (Å²) in [5, 5.41) is 13.1. The Balaban J connectivity index is 1.63. The molecular formula is C34H48N2O3. The number of carbonyl (C=O) groups excluding carboxylic acids is 3. The lowest BCUT2D eigenvalue weighted by Gasteiger charge is -2.68. The van der Waals surface area contributed by atoms with Crippen LogP contribution in [0, 0.1) is 62.1 Å². The first-order chi connectivity index (χ1) is 18.2. The van der Waals surface area contributed by atoms with Gasteiger partial charge >= 0.3 is 0 Å². The van der Waals surface area contributed by atoms with Crippen molar-refractivity contribution in [2.75, 3.05) is 6.54 Å². The third-order valence-corrected chi connectivity index (χ3v) is 12.8. The molecule has 212 valence electrons. The molecule has 39 heavy (non-hydrogen) atoms. The van der Waals surface area contributed by atoms with Gasteiger partial charge in [-0.3, -0.25) is 14.4 Å². The van der Waals surface area contributed by atoms with Crippen LogP contribution in [0.15, 0.2) is 23.3 Å². The van der Waals surface area contributed by atoms with Gasteiger partial charge in [-0.15, -0.1) is 0 Å². The van der Waals surface area contributed by atoms with E-state index in [4.69, 9.17) is 0 Å². The van der Waals surface area contributed by atoms with Gasteiger partial charge in [-0.2, -0.15) is 5.26 Å². The highest BCUT2D eigenvalue weighted by atomic mass is 16.2. The molecule has 3 fully saturated rings. The van der Waals surface area contributed by atoms with Gasteiger partial charge < -0.3 is 5.32 Å². The second-order valence-corrected chi connectivity index (χ2v) is 15.2. The van der Waals surface area contributed by atoms with Crippen LogP contribution in [0.4, 0.5) is 0 Å². The van der Waals surface area contributed by atoms with E-state index in [0.717, 1.165) is 63.4 Å². The number of allylic oxidation sites excluding steroid dienone is 4. The lowest BCUT2D eigenvalue weighted by Crippen LogP contribution is -2.66. The lowest BCUT2D eigenvalue weighted by atomic mass is 9.34. The summed E-state index contributed by atoms with van der Waals surface area (Å²) >= 11 is 0. The largest absolute Gasteiger partial charge is 0.356 e. The second kappa shape index (κ2) is 9.15. The van der Waals surface area contributed by atoms with Crippen LogP contribution in [0.5, 0.6) is 0 Å². The number of Topliss-reactive ketones (excluding diaryl/α,β-unsaturated/α-hetero) is 1. The van der Waals surface area contributed by atoms with Gasteiger partial charge in [0.05, 0.1) is 11.0 Å². The minimum absolute atomic E-state index is 0.0198. The van der Waals surface area contributed by atoms with E-state index < -0.39 is 10.8 Å². The van der Waals surface area contributed by atoms with Gasteiger partial charge in [0.25, 0.3) is 0 Å². The third-order valence-electron chi connectivity index (χ3n) is 12.8. The average molecular weight is 533 g/mol. The number of carbonyl (C=O) groups is 3. The first-order valence-electron chi connectivity index (χ1n) is 15.4. The monoisotopic (exact) mass is 532 g/mol. The molecule has 0 spiro atoms. The summed E-state index contributed by atoms with van der Waals surface area (Å²) in [6.07, 6.45) is 12.1. The molecule has 5 heteroatoms. The van der Waals surface area contributed by atoms with E-state index in [1.54, 1.807) is 0 Å². The summed E-state index contributed by atoms with van der Waals surface area (Å²) in [6.45, 7) is 16.3. The Morgan fingerprint density at radius 3 is 2.41 bits per heavy atom. The maximum Gasteiger partial charge on any atom is 0.226 e. The molecular weight excluding hydrogens is 484 g/mol. The molecule has 0 aromatic carbocycles. The molecule has 1 N–H and O–H groups in total. The SMILES string of the molecule is CCCCNC(=O)[C@]12CCC(C)(C)CC1C1C(=O)C=C3[C@@]4(C)C=C(C#N)C(=O)[C@@H](C)C4CC[C@@]3(C)[C@]1(C)CC2. The molecule has 5 aliphatic carbocycles. The molecule has 0 aromatic rings. The molecule has 8 atom stereocenters. The van der Waals surface area contributed by atoms with Crippen molar-refractivity contribution in [1.82, 2.24) is 5.32 Å². The predicted octanol–water partition coefficient (Wildman–Crippen LogP) is 6.73. The van der Waals surface area contributed by atoms with Crippen LogP contribution in [-0.4, -0.2) is 24.0 Å². The summed E-state index contributed by atoms with van der Waals surface area (Å²) in [4.78, 5) is 41.4. The molecule has 0 saturated heterocycles. The highest BCUT2D eigenvalue weighted by molar-refractivity contribution is 6.02. The first kappa shape index (κ1) is 28.3. The van der Waals surface area contributed by atoms with Gasteiger partial charge in [-0.05, 0) is 85.5 Å². The van der Waals surface area contributed by atoms with E-state index in [2.05, 4.69) is 52.9 Å². The second-order valence-electron chi connectivity index (χ2n) is 15.2. The molecule has 5 rings (SSSR count). The Kier molecular flexibility index (Phi) is 6.64. The van der Waals surface area contributed by atoms with Crippen molar-refractivity contribution in [3.05, 3.63) is 23.3 Å². The number of fused-ring (bicyclic) bond motifs is 7. The Hall–Kier alpha value is -2.22. The fourth-order valence-electron chi connectivity index (χ4n) is 10.2. The molecule has 0 heterocycles. The minimum Gasteiger partial charge on any atom is -0.356 e. The summed E-state index contributed by atoms with van der Waals surface area (Å²) in [6, 6.07) is 2.17. The molecule has 3 saturated carbocycles. The van der Waals surface area contributed by atoms with Gasteiger partial charge in [0.15, 0.2) is 11.6 Å². The van der Waals surface area contributed by atoms with Crippen molar-refractivity contribution in [3.8, 4) is 6.07 Å². The van der Waals surface area contributed by atoms with Crippen molar-refractivity contribution < 1.29 is 14.4 Å². The van der Waals surface area contributed by atoms with Crippen LogP contribution < -0.4 is 5.32 Å². The molecule has 5 nitrogen and oxygen atoms in total.